The average molecular weight is 286 g/mol. The van der Waals surface area contributed by atoms with E-state index in [9.17, 15) is 4.39 Å². The molecule has 0 aliphatic heterocycles. The van der Waals surface area contributed by atoms with Gasteiger partial charge in [-0.25, -0.2) is 4.39 Å². The molecule has 1 atom stereocenters. The van der Waals surface area contributed by atoms with Crippen molar-refractivity contribution in [3.8, 4) is 0 Å². The molecule has 2 aromatic rings. The lowest BCUT2D eigenvalue weighted by Gasteiger charge is -2.15. The molecule has 0 amide bonds. The molecule has 1 heterocycles. The van der Waals surface area contributed by atoms with E-state index >= 15 is 0 Å². The van der Waals surface area contributed by atoms with Crippen LogP contribution in [-0.2, 0) is 6.42 Å². The van der Waals surface area contributed by atoms with Crippen molar-refractivity contribution < 1.29 is 4.39 Å². The van der Waals surface area contributed by atoms with Crippen molar-refractivity contribution in [3.63, 3.8) is 0 Å². The van der Waals surface area contributed by atoms with Gasteiger partial charge < -0.3 is 5.32 Å². The summed E-state index contributed by atoms with van der Waals surface area (Å²) >= 11 is 7.22. The maximum absolute atomic E-state index is 13.7. The first-order valence-electron chi connectivity index (χ1n) is 5.52. The highest BCUT2D eigenvalue weighted by Gasteiger charge is 2.17. The Balaban J connectivity index is 2.26. The van der Waals surface area contributed by atoms with E-state index < -0.39 is 0 Å². The van der Waals surface area contributed by atoms with Gasteiger partial charge in [-0.1, -0.05) is 16.1 Å². The predicted octanol–water partition coefficient (Wildman–Crippen LogP) is 3.14. The van der Waals surface area contributed by atoms with Crippen molar-refractivity contribution >= 4 is 23.1 Å². The molecule has 1 N–H and O–H groups in total. The average Bonchev–Trinajstić information content (AvgIpc) is 2.77. The Morgan fingerprint density at radius 2 is 2.28 bits per heavy atom. The lowest BCUT2D eigenvalue weighted by Crippen LogP contribution is -2.19. The number of aromatic nitrogens is 2. The highest BCUT2D eigenvalue weighted by Crippen LogP contribution is 2.25. The maximum Gasteiger partial charge on any atom is 0.126 e. The molecule has 6 heteroatoms. The van der Waals surface area contributed by atoms with Crippen LogP contribution in [0, 0.1) is 12.7 Å². The largest absolute Gasteiger partial charge is 0.312 e. The van der Waals surface area contributed by atoms with Gasteiger partial charge in [0.2, 0.25) is 0 Å². The van der Waals surface area contributed by atoms with E-state index in [1.807, 2.05) is 14.0 Å². The van der Waals surface area contributed by atoms with Gasteiger partial charge in [0.15, 0.2) is 0 Å². The summed E-state index contributed by atoms with van der Waals surface area (Å²) in [5.74, 6) is -0.241. The van der Waals surface area contributed by atoms with Crippen LogP contribution in [0.25, 0.3) is 0 Å². The number of hydrogen-bond donors (Lipinski definition) is 1. The molecule has 0 fully saturated rings. The second-order valence-corrected chi connectivity index (χ2v) is 5.23. The van der Waals surface area contributed by atoms with Gasteiger partial charge in [0, 0.05) is 11.1 Å². The summed E-state index contributed by atoms with van der Waals surface area (Å²) in [6.07, 6.45) is 0.521. The monoisotopic (exact) mass is 285 g/mol. The number of hydrogen-bond acceptors (Lipinski definition) is 4. The zero-order chi connectivity index (χ0) is 13.1. The molecule has 0 bridgehead atoms. The molecule has 1 aromatic heterocycles. The zero-order valence-corrected chi connectivity index (χ0v) is 11.6. The smallest absolute Gasteiger partial charge is 0.126 e. The third kappa shape index (κ3) is 2.85. The van der Waals surface area contributed by atoms with Crippen LogP contribution in [-0.4, -0.2) is 16.6 Å². The first-order valence-corrected chi connectivity index (χ1v) is 6.67. The third-order valence-electron chi connectivity index (χ3n) is 2.78. The number of nitrogens with one attached hydrogen (secondary N) is 1. The van der Waals surface area contributed by atoms with Crippen LogP contribution in [0.5, 0.6) is 0 Å². The van der Waals surface area contributed by atoms with Crippen molar-refractivity contribution in [1.82, 2.24) is 14.9 Å². The summed E-state index contributed by atoms with van der Waals surface area (Å²) in [6, 6.07) is 4.60. The molecule has 0 aliphatic rings. The molecule has 0 spiro atoms. The minimum absolute atomic E-state index is 0.00188. The van der Waals surface area contributed by atoms with Crippen molar-refractivity contribution in [2.45, 2.75) is 19.4 Å². The van der Waals surface area contributed by atoms with Crippen LogP contribution < -0.4 is 5.32 Å². The predicted molar refractivity (Wildman–Crippen MR) is 71.6 cm³/mol. The van der Waals surface area contributed by atoms with E-state index in [2.05, 4.69) is 14.9 Å². The normalized spacial score (nSPS) is 12.7. The minimum Gasteiger partial charge on any atom is -0.312 e. The van der Waals surface area contributed by atoms with Crippen LogP contribution in [0.4, 0.5) is 4.39 Å². The van der Waals surface area contributed by atoms with Gasteiger partial charge in [-0.2, -0.15) is 0 Å². The first-order chi connectivity index (χ1) is 8.61. The quantitative estimate of drug-likeness (QED) is 0.938. The fraction of sp³-hybridized carbons (Fsp3) is 0.333. The standard InChI is InChI=1S/C12H13ClFN3S/c1-7-12(18-17-16-7)11(15-2)6-8-5-9(13)3-4-10(8)14/h3-5,11,15H,6H2,1-2H3. The van der Waals surface area contributed by atoms with E-state index in [0.29, 0.717) is 17.0 Å². The minimum atomic E-state index is -0.241. The summed E-state index contributed by atoms with van der Waals surface area (Å²) in [5.41, 5.74) is 1.47. The Labute approximate surface area is 114 Å². The van der Waals surface area contributed by atoms with Gasteiger partial charge in [0.25, 0.3) is 0 Å². The molecule has 0 aliphatic carbocycles. The van der Waals surface area contributed by atoms with Crippen molar-refractivity contribution in [2.24, 2.45) is 0 Å². The van der Waals surface area contributed by atoms with Gasteiger partial charge in [-0.05, 0) is 55.7 Å². The summed E-state index contributed by atoms with van der Waals surface area (Å²) in [6.45, 7) is 1.90. The Morgan fingerprint density at radius 1 is 1.50 bits per heavy atom. The number of aryl methyl sites for hydroxylation is 1. The number of likely N-dealkylation sites (N-methyl/N-ethyl adjacent to an activating group) is 1. The maximum atomic E-state index is 13.7. The number of rotatable bonds is 4. The van der Waals surface area contributed by atoms with Crippen molar-refractivity contribution in [3.05, 3.63) is 45.2 Å². The molecule has 1 unspecified atom stereocenters. The lowest BCUT2D eigenvalue weighted by atomic mass is 10.0. The van der Waals surface area contributed by atoms with Crippen LogP contribution in [0.1, 0.15) is 22.2 Å². The first kappa shape index (κ1) is 13.4. The highest BCUT2D eigenvalue weighted by atomic mass is 35.5. The summed E-state index contributed by atoms with van der Waals surface area (Å²) in [5, 5.41) is 7.68. The summed E-state index contributed by atoms with van der Waals surface area (Å²) < 4.78 is 17.6. The van der Waals surface area contributed by atoms with Crippen LogP contribution in [0.2, 0.25) is 5.02 Å². The Hall–Kier alpha value is -1.04. The van der Waals surface area contributed by atoms with E-state index in [1.54, 1.807) is 12.1 Å². The van der Waals surface area contributed by atoms with Crippen molar-refractivity contribution in [1.29, 1.82) is 0 Å². The molecule has 1 aromatic carbocycles. The van der Waals surface area contributed by atoms with Gasteiger partial charge in [-0.3, -0.25) is 0 Å². The topological polar surface area (TPSA) is 37.8 Å². The Bertz CT molecular complexity index is 544. The third-order valence-corrected chi connectivity index (χ3v) is 3.96. The summed E-state index contributed by atoms with van der Waals surface area (Å²) in [4.78, 5) is 1.02. The molecular formula is C12H13ClFN3S. The van der Waals surface area contributed by atoms with Crippen molar-refractivity contribution in [2.75, 3.05) is 7.05 Å². The van der Waals surface area contributed by atoms with E-state index in [4.69, 9.17) is 11.6 Å². The number of nitrogens with zero attached hydrogens (tertiary/aromatic N) is 2. The van der Waals surface area contributed by atoms with Gasteiger partial charge >= 0.3 is 0 Å². The summed E-state index contributed by atoms with van der Waals surface area (Å²) in [7, 11) is 1.84. The van der Waals surface area contributed by atoms with Crippen LogP contribution >= 0.6 is 23.1 Å². The van der Waals surface area contributed by atoms with E-state index in [1.165, 1.54) is 17.6 Å². The second kappa shape index (κ2) is 5.73. The van der Waals surface area contributed by atoms with Crippen LogP contribution in [0.15, 0.2) is 18.2 Å². The fourth-order valence-corrected chi connectivity index (χ4v) is 2.75. The Morgan fingerprint density at radius 3 is 2.89 bits per heavy atom. The molecule has 18 heavy (non-hydrogen) atoms. The van der Waals surface area contributed by atoms with Gasteiger partial charge in [0.1, 0.15) is 5.82 Å². The number of halogens is 2. The SMILES string of the molecule is CNC(Cc1cc(Cl)ccc1F)c1snnc1C. The number of benzene rings is 1. The molecule has 3 nitrogen and oxygen atoms in total. The van der Waals surface area contributed by atoms with Gasteiger partial charge in [-0.15, -0.1) is 5.10 Å². The highest BCUT2D eigenvalue weighted by molar-refractivity contribution is 7.05. The Kier molecular flexibility index (Phi) is 4.27. The zero-order valence-electron chi connectivity index (χ0n) is 10.1. The molecule has 2 rings (SSSR count). The molecular weight excluding hydrogens is 273 g/mol. The fourth-order valence-electron chi connectivity index (χ4n) is 1.80. The van der Waals surface area contributed by atoms with Gasteiger partial charge in [0.05, 0.1) is 10.6 Å². The van der Waals surface area contributed by atoms with Crippen LogP contribution in [0.3, 0.4) is 0 Å². The molecule has 96 valence electrons. The second-order valence-electron chi connectivity index (χ2n) is 4.00. The van der Waals surface area contributed by atoms with E-state index in [0.717, 1.165) is 10.6 Å². The molecule has 0 radical (unpaired) electrons. The molecule has 0 saturated carbocycles. The van der Waals surface area contributed by atoms with E-state index in [-0.39, 0.29) is 11.9 Å². The molecule has 0 saturated heterocycles. The lowest BCUT2D eigenvalue weighted by molar-refractivity contribution is 0.557.